The third-order valence-corrected chi connectivity index (χ3v) is 2.16. The fourth-order valence-corrected chi connectivity index (χ4v) is 1.35. The van der Waals surface area contributed by atoms with Crippen molar-refractivity contribution in [2.45, 2.75) is 11.7 Å². The van der Waals surface area contributed by atoms with Gasteiger partial charge < -0.3 is 4.74 Å². The van der Waals surface area contributed by atoms with Crippen molar-refractivity contribution in [3.05, 3.63) is 29.3 Å². The molecule has 6 heteroatoms. The van der Waals surface area contributed by atoms with E-state index in [1.807, 2.05) is 0 Å². The Balaban J connectivity index is 3.02. The number of halogens is 4. The molecule has 1 rings (SSSR count). The summed E-state index contributed by atoms with van der Waals surface area (Å²) in [6.45, 7) is 0. The van der Waals surface area contributed by atoms with E-state index >= 15 is 0 Å². The first kappa shape index (κ1) is 12.0. The Morgan fingerprint density at radius 1 is 1.33 bits per heavy atom. The SMILES string of the molecule is O=Cc1cc(CBr)cc(OC(F)(F)F)c1. The number of alkyl halides is 4. The molecule has 0 N–H and O–H groups in total. The van der Waals surface area contributed by atoms with Crippen LogP contribution in [0.1, 0.15) is 15.9 Å². The molecule has 0 aliphatic carbocycles. The summed E-state index contributed by atoms with van der Waals surface area (Å²) in [7, 11) is 0. The summed E-state index contributed by atoms with van der Waals surface area (Å²) in [5.41, 5.74) is 0.685. The van der Waals surface area contributed by atoms with E-state index in [0.29, 0.717) is 17.2 Å². The van der Waals surface area contributed by atoms with Crippen LogP contribution < -0.4 is 4.74 Å². The summed E-state index contributed by atoms with van der Waals surface area (Å²) in [5, 5.41) is 0.350. The maximum Gasteiger partial charge on any atom is 0.573 e. The van der Waals surface area contributed by atoms with Crippen LogP contribution in [0, 0.1) is 0 Å². The van der Waals surface area contributed by atoms with Crippen molar-refractivity contribution in [1.82, 2.24) is 0 Å². The number of ether oxygens (including phenoxy) is 1. The molecule has 0 radical (unpaired) electrons. The third-order valence-electron chi connectivity index (χ3n) is 1.51. The summed E-state index contributed by atoms with van der Waals surface area (Å²) in [4.78, 5) is 10.4. The minimum Gasteiger partial charge on any atom is -0.406 e. The highest BCUT2D eigenvalue weighted by Gasteiger charge is 2.31. The van der Waals surface area contributed by atoms with E-state index in [0.717, 1.165) is 6.07 Å². The Kier molecular flexibility index (Phi) is 3.73. The zero-order valence-corrected chi connectivity index (χ0v) is 8.93. The molecular weight excluding hydrogens is 277 g/mol. The van der Waals surface area contributed by atoms with Gasteiger partial charge in [0.1, 0.15) is 12.0 Å². The molecule has 0 fully saturated rings. The van der Waals surface area contributed by atoms with E-state index in [1.165, 1.54) is 12.1 Å². The molecule has 1 aromatic rings. The van der Waals surface area contributed by atoms with Crippen molar-refractivity contribution in [3.8, 4) is 5.75 Å². The van der Waals surface area contributed by atoms with E-state index in [-0.39, 0.29) is 11.3 Å². The van der Waals surface area contributed by atoms with Crippen LogP contribution in [0.2, 0.25) is 0 Å². The number of rotatable bonds is 3. The molecule has 0 aliphatic heterocycles. The second-order valence-electron chi connectivity index (χ2n) is 2.71. The van der Waals surface area contributed by atoms with E-state index in [1.54, 1.807) is 0 Å². The zero-order chi connectivity index (χ0) is 11.5. The average Bonchev–Trinajstić information content (AvgIpc) is 2.14. The largest absolute Gasteiger partial charge is 0.573 e. The van der Waals surface area contributed by atoms with Gasteiger partial charge in [0, 0.05) is 10.9 Å². The molecule has 0 saturated carbocycles. The lowest BCUT2D eigenvalue weighted by molar-refractivity contribution is -0.274. The van der Waals surface area contributed by atoms with Gasteiger partial charge in [0.05, 0.1) is 0 Å². The van der Waals surface area contributed by atoms with Crippen molar-refractivity contribution in [3.63, 3.8) is 0 Å². The number of aldehydes is 1. The Bertz CT molecular complexity index is 363. The molecule has 0 aliphatic rings. The first-order valence-electron chi connectivity index (χ1n) is 3.85. The summed E-state index contributed by atoms with van der Waals surface area (Å²) >= 11 is 3.08. The second-order valence-corrected chi connectivity index (χ2v) is 3.27. The lowest BCUT2D eigenvalue weighted by Crippen LogP contribution is -2.17. The van der Waals surface area contributed by atoms with Crippen molar-refractivity contribution in [2.24, 2.45) is 0 Å². The highest BCUT2D eigenvalue weighted by molar-refractivity contribution is 9.08. The lowest BCUT2D eigenvalue weighted by Gasteiger charge is -2.10. The Morgan fingerprint density at radius 3 is 2.47 bits per heavy atom. The van der Waals surface area contributed by atoms with Gasteiger partial charge in [-0.3, -0.25) is 4.79 Å². The van der Waals surface area contributed by atoms with Crippen molar-refractivity contribution < 1.29 is 22.7 Å². The van der Waals surface area contributed by atoms with Gasteiger partial charge in [-0.2, -0.15) is 0 Å². The molecular formula is C9H6BrF3O2. The van der Waals surface area contributed by atoms with Crippen LogP contribution in [0.15, 0.2) is 18.2 Å². The van der Waals surface area contributed by atoms with Gasteiger partial charge in [-0.15, -0.1) is 13.2 Å². The first-order valence-corrected chi connectivity index (χ1v) is 4.97. The minimum absolute atomic E-state index is 0.145. The average molecular weight is 283 g/mol. The van der Waals surface area contributed by atoms with E-state index in [9.17, 15) is 18.0 Å². The Hall–Kier alpha value is -1.04. The van der Waals surface area contributed by atoms with Crippen LogP contribution in [0.25, 0.3) is 0 Å². The molecule has 0 amide bonds. The molecule has 0 unspecified atom stereocenters. The van der Waals surface area contributed by atoms with Crippen molar-refractivity contribution in [1.29, 1.82) is 0 Å². The van der Waals surface area contributed by atoms with Crippen LogP contribution >= 0.6 is 15.9 Å². The molecule has 0 saturated heterocycles. The molecule has 0 bridgehead atoms. The third kappa shape index (κ3) is 3.91. The Labute approximate surface area is 92.2 Å². The highest BCUT2D eigenvalue weighted by atomic mass is 79.9. The van der Waals surface area contributed by atoms with Crippen LogP contribution in [0.3, 0.4) is 0 Å². The molecule has 0 atom stereocenters. The standard InChI is InChI=1S/C9H6BrF3O2/c10-4-6-1-7(5-14)3-8(2-6)15-9(11,12)13/h1-3,5H,4H2. The quantitative estimate of drug-likeness (QED) is 0.628. The van der Waals surface area contributed by atoms with Crippen LogP contribution in [-0.4, -0.2) is 12.6 Å². The zero-order valence-electron chi connectivity index (χ0n) is 7.34. The lowest BCUT2D eigenvalue weighted by atomic mass is 10.1. The summed E-state index contributed by atoms with van der Waals surface area (Å²) in [6, 6.07) is 3.73. The normalized spacial score (nSPS) is 11.2. The van der Waals surface area contributed by atoms with Gasteiger partial charge in [0.15, 0.2) is 0 Å². The van der Waals surface area contributed by atoms with Gasteiger partial charge in [-0.25, -0.2) is 0 Å². The molecule has 82 valence electrons. The molecule has 0 aromatic heterocycles. The Morgan fingerprint density at radius 2 is 2.00 bits per heavy atom. The van der Waals surface area contributed by atoms with E-state index < -0.39 is 6.36 Å². The summed E-state index contributed by atoms with van der Waals surface area (Å²) < 4.78 is 39.4. The topological polar surface area (TPSA) is 26.3 Å². The fraction of sp³-hybridized carbons (Fsp3) is 0.222. The number of hydrogen-bond donors (Lipinski definition) is 0. The molecule has 15 heavy (non-hydrogen) atoms. The number of carbonyl (C=O) groups is 1. The van der Waals surface area contributed by atoms with Crippen molar-refractivity contribution >= 4 is 22.2 Å². The fourth-order valence-electron chi connectivity index (χ4n) is 1.02. The highest BCUT2D eigenvalue weighted by Crippen LogP contribution is 2.25. The number of benzene rings is 1. The monoisotopic (exact) mass is 282 g/mol. The number of hydrogen-bond acceptors (Lipinski definition) is 2. The maximum atomic E-state index is 11.9. The van der Waals surface area contributed by atoms with Gasteiger partial charge in [-0.05, 0) is 23.8 Å². The van der Waals surface area contributed by atoms with Gasteiger partial charge in [0.2, 0.25) is 0 Å². The maximum absolute atomic E-state index is 11.9. The van der Waals surface area contributed by atoms with E-state index in [2.05, 4.69) is 20.7 Å². The van der Waals surface area contributed by atoms with Crippen LogP contribution in [0.4, 0.5) is 13.2 Å². The van der Waals surface area contributed by atoms with Crippen molar-refractivity contribution in [2.75, 3.05) is 0 Å². The summed E-state index contributed by atoms with van der Waals surface area (Å²) in [6.07, 6.45) is -4.28. The van der Waals surface area contributed by atoms with E-state index in [4.69, 9.17) is 0 Å². The molecule has 0 heterocycles. The molecule has 2 nitrogen and oxygen atoms in total. The van der Waals surface area contributed by atoms with Gasteiger partial charge in [-0.1, -0.05) is 15.9 Å². The smallest absolute Gasteiger partial charge is 0.406 e. The molecule has 1 aromatic carbocycles. The minimum atomic E-state index is -4.74. The van der Waals surface area contributed by atoms with Gasteiger partial charge >= 0.3 is 6.36 Å². The summed E-state index contributed by atoms with van der Waals surface area (Å²) in [5.74, 6) is -0.387. The predicted molar refractivity (Wildman–Crippen MR) is 51.1 cm³/mol. The van der Waals surface area contributed by atoms with Gasteiger partial charge in [0.25, 0.3) is 0 Å². The number of carbonyl (C=O) groups excluding carboxylic acids is 1. The first-order chi connectivity index (χ1) is 6.94. The van der Waals surface area contributed by atoms with Crippen LogP contribution in [-0.2, 0) is 5.33 Å². The molecule has 0 spiro atoms. The van der Waals surface area contributed by atoms with Crippen LogP contribution in [0.5, 0.6) is 5.75 Å². The second kappa shape index (κ2) is 4.65. The predicted octanol–water partition coefficient (Wildman–Crippen LogP) is 3.29.